The summed E-state index contributed by atoms with van der Waals surface area (Å²) >= 11 is 5.92. The predicted octanol–water partition coefficient (Wildman–Crippen LogP) is 3.53. The second-order valence-corrected chi connectivity index (χ2v) is 6.65. The third-order valence-electron chi connectivity index (χ3n) is 2.24. The van der Waals surface area contributed by atoms with Crippen LogP contribution in [0.1, 0.15) is 20.3 Å². The maximum atomic E-state index is 7.00. The lowest BCUT2D eigenvalue weighted by Gasteiger charge is -2.29. The normalized spacial score (nSPS) is 16.4. The Kier molecular flexibility index (Phi) is 10.2. The third-order valence-corrected chi connectivity index (χ3v) is 3.92. The molecular weight excluding hydrogens is 297 g/mol. The molecule has 0 aromatic carbocycles. The van der Waals surface area contributed by atoms with E-state index in [4.69, 9.17) is 26.0 Å². The van der Waals surface area contributed by atoms with Gasteiger partial charge in [0.1, 0.15) is 5.76 Å². The first-order chi connectivity index (χ1) is 9.43. The molecule has 0 saturated heterocycles. The van der Waals surface area contributed by atoms with Gasteiger partial charge < -0.3 is 14.4 Å². The fraction of sp³-hybridized carbons (Fsp3) is 0.571. The highest BCUT2D eigenvalue weighted by molar-refractivity contribution is 7.49. The van der Waals surface area contributed by atoms with Crippen LogP contribution < -0.4 is 5.09 Å². The molecule has 20 heavy (non-hydrogen) atoms. The van der Waals surface area contributed by atoms with E-state index < -0.39 is 8.30 Å². The van der Waals surface area contributed by atoms with Gasteiger partial charge in [0.2, 0.25) is 0 Å². The zero-order valence-corrected chi connectivity index (χ0v) is 14.5. The summed E-state index contributed by atoms with van der Waals surface area (Å²) in [5, 5.41) is 11.2. The number of nitrogens with one attached hydrogen (secondary N) is 1. The smallest absolute Gasteiger partial charge is 0.157 e. The number of rotatable bonds is 6. The van der Waals surface area contributed by atoms with E-state index in [0.717, 1.165) is 24.3 Å². The average Bonchev–Trinajstić information content (AvgIpc) is 2.56. The standard InChI is InChI=1S/C13H21ClNO2P.CH4O/c1-13(2,10-16-3)15-18(4)17-12-7-5-6-11(14)8-9-12;1-2/h5-6,8-9,15H,7,10H2,1-4H3;2H,1H3. The molecular formula is C14H25ClNO3P. The van der Waals surface area contributed by atoms with Crippen molar-refractivity contribution >= 4 is 19.9 Å². The van der Waals surface area contributed by atoms with E-state index in [9.17, 15) is 0 Å². The van der Waals surface area contributed by atoms with Crippen molar-refractivity contribution in [2.24, 2.45) is 0 Å². The van der Waals surface area contributed by atoms with E-state index in [0.29, 0.717) is 6.61 Å². The van der Waals surface area contributed by atoms with Gasteiger partial charge in [-0.2, -0.15) is 0 Å². The van der Waals surface area contributed by atoms with Gasteiger partial charge in [-0.1, -0.05) is 17.7 Å². The van der Waals surface area contributed by atoms with Crippen molar-refractivity contribution in [2.45, 2.75) is 25.8 Å². The summed E-state index contributed by atoms with van der Waals surface area (Å²) in [7, 11) is 1.97. The van der Waals surface area contributed by atoms with E-state index in [-0.39, 0.29) is 5.54 Å². The fourth-order valence-electron chi connectivity index (χ4n) is 1.67. The van der Waals surface area contributed by atoms with Gasteiger partial charge in [-0.25, -0.2) is 0 Å². The topological polar surface area (TPSA) is 50.7 Å². The molecule has 0 radical (unpaired) electrons. The highest BCUT2D eigenvalue weighted by Gasteiger charge is 2.21. The van der Waals surface area contributed by atoms with Crippen LogP contribution in [0.5, 0.6) is 0 Å². The lowest BCUT2D eigenvalue weighted by molar-refractivity contribution is 0.140. The molecule has 0 saturated carbocycles. The first kappa shape index (κ1) is 19.6. The summed E-state index contributed by atoms with van der Waals surface area (Å²) in [4.78, 5) is 0. The summed E-state index contributed by atoms with van der Waals surface area (Å²) in [6.45, 7) is 6.88. The van der Waals surface area contributed by atoms with Crippen LogP contribution in [0.25, 0.3) is 0 Å². The van der Waals surface area contributed by atoms with E-state index in [1.165, 1.54) is 0 Å². The maximum absolute atomic E-state index is 7.00. The molecule has 1 aliphatic rings. The maximum Gasteiger partial charge on any atom is 0.157 e. The molecule has 0 aromatic heterocycles. The molecule has 4 nitrogen and oxygen atoms in total. The zero-order chi connectivity index (χ0) is 15.6. The van der Waals surface area contributed by atoms with Crippen LogP contribution >= 0.6 is 19.9 Å². The number of aliphatic hydroxyl groups is 1. The van der Waals surface area contributed by atoms with Crippen LogP contribution in [0.15, 0.2) is 35.1 Å². The molecule has 0 aliphatic heterocycles. The Balaban J connectivity index is 0.00000172. The van der Waals surface area contributed by atoms with Crippen molar-refractivity contribution < 1.29 is 14.4 Å². The van der Waals surface area contributed by atoms with Gasteiger partial charge in [0.15, 0.2) is 8.30 Å². The van der Waals surface area contributed by atoms with E-state index in [1.54, 1.807) is 7.11 Å². The summed E-state index contributed by atoms with van der Waals surface area (Å²) in [5.74, 6) is 0.927. The number of hydrogen-bond acceptors (Lipinski definition) is 4. The number of ether oxygens (including phenoxy) is 1. The molecule has 0 heterocycles. The SMILES string of the molecule is CO.COCC(C)(C)NP(C)OC1=CC=C(Cl)C=CC1. The molecule has 0 spiro atoms. The minimum absolute atomic E-state index is 0.0934. The molecule has 6 heteroatoms. The molecule has 0 fully saturated rings. The molecule has 2 N–H and O–H groups in total. The fourth-order valence-corrected chi connectivity index (χ4v) is 3.27. The predicted molar refractivity (Wildman–Crippen MR) is 86.9 cm³/mol. The number of methoxy groups -OCH3 is 1. The van der Waals surface area contributed by atoms with Crippen LogP contribution in [0.4, 0.5) is 0 Å². The first-order valence-electron chi connectivity index (χ1n) is 6.29. The van der Waals surface area contributed by atoms with Crippen LogP contribution in [-0.4, -0.2) is 38.1 Å². The van der Waals surface area contributed by atoms with E-state index in [2.05, 4.69) is 18.9 Å². The Labute approximate surface area is 128 Å². The number of aliphatic hydroxyl groups excluding tert-OH is 1. The van der Waals surface area contributed by atoms with Crippen LogP contribution in [0.3, 0.4) is 0 Å². The lowest BCUT2D eigenvalue weighted by Crippen LogP contribution is -2.40. The Morgan fingerprint density at radius 3 is 2.65 bits per heavy atom. The van der Waals surface area contributed by atoms with Gasteiger partial charge in [-0.3, -0.25) is 5.09 Å². The molecule has 1 unspecified atom stereocenters. The van der Waals surface area contributed by atoms with Gasteiger partial charge in [0.05, 0.1) is 6.61 Å². The second kappa shape index (κ2) is 10.4. The highest BCUT2D eigenvalue weighted by atomic mass is 35.5. The summed E-state index contributed by atoms with van der Waals surface area (Å²) in [5.41, 5.74) is -0.0934. The molecule has 1 atom stereocenters. The Hall–Kier alpha value is -0.380. The van der Waals surface area contributed by atoms with Crippen molar-refractivity contribution in [2.75, 3.05) is 27.5 Å². The molecule has 0 amide bonds. The molecule has 116 valence electrons. The van der Waals surface area contributed by atoms with E-state index >= 15 is 0 Å². The van der Waals surface area contributed by atoms with Gasteiger partial charge in [-0.15, -0.1) is 0 Å². The van der Waals surface area contributed by atoms with Crippen molar-refractivity contribution in [3.63, 3.8) is 0 Å². The Morgan fingerprint density at radius 1 is 1.40 bits per heavy atom. The number of halogens is 1. The molecule has 0 aromatic rings. The third kappa shape index (κ3) is 8.72. The summed E-state index contributed by atoms with van der Waals surface area (Å²) < 4.78 is 11.1. The van der Waals surface area contributed by atoms with Crippen molar-refractivity contribution in [1.82, 2.24) is 5.09 Å². The molecule has 1 rings (SSSR count). The van der Waals surface area contributed by atoms with Crippen LogP contribution in [-0.2, 0) is 9.26 Å². The second-order valence-electron chi connectivity index (χ2n) is 4.81. The highest BCUT2D eigenvalue weighted by Crippen LogP contribution is 2.35. The van der Waals surface area contributed by atoms with Crippen LogP contribution in [0.2, 0.25) is 0 Å². The number of hydrogen-bond donors (Lipinski definition) is 2. The Bertz CT molecular complexity index is 367. The Morgan fingerprint density at radius 2 is 2.05 bits per heavy atom. The first-order valence-corrected chi connectivity index (χ1v) is 8.37. The monoisotopic (exact) mass is 321 g/mol. The average molecular weight is 322 g/mol. The molecule has 1 aliphatic carbocycles. The zero-order valence-electron chi connectivity index (χ0n) is 12.8. The van der Waals surface area contributed by atoms with Crippen molar-refractivity contribution in [3.05, 3.63) is 35.1 Å². The summed E-state index contributed by atoms with van der Waals surface area (Å²) in [6.07, 6.45) is 8.43. The van der Waals surface area contributed by atoms with Gasteiger partial charge >= 0.3 is 0 Å². The van der Waals surface area contributed by atoms with Gasteiger partial charge in [0.25, 0.3) is 0 Å². The minimum atomic E-state index is -0.734. The lowest BCUT2D eigenvalue weighted by atomic mass is 10.1. The van der Waals surface area contributed by atoms with Crippen molar-refractivity contribution in [1.29, 1.82) is 0 Å². The molecule has 0 bridgehead atoms. The quantitative estimate of drug-likeness (QED) is 0.735. The number of allylic oxidation sites excluding steroid dienone is 5. The van der Waals surface area contributed by atoms with Gasteiger partial charge in [-0.05, 0) is 32.1 Å². The van der Waals surface area contributed by atoms with Crippen LogP contribution in [0, 0.1) is 0 Å². The largest absolute Gasteiger partial charge is 0.462 e. The van der Waals surface area contributed by atoms with E-state index in [1.807, 2.05) is 31.0 Å². The minimum Gasteiger partial charge on any atom is -0.462 e. The van der Waals surface area contributed by atoms with Crippen molar-refractivity contribution in [3.8, 4) is 0 Å². The summed E-state index contributed by atoms with van der Waals surface area (Å²) in [6, 6.07) is 0. The van der Waals surface area contributed by atoms with Gasteiger partial charge in [0, 0.05) is 37.9 Å².